The van der Waals surface area contributed by atoms with Crippen LogP contribution in [0.2, 0.25) is 18.1 Å². The van der Waals surface area contributed by atoms with E-state index in [1.807, 2.05) is 6.07 Å². The van der Waals surface area contributed by atoms with Crippen LogP contribution in [0.4, 0.5) is 0 Å². The summed E-state index contributed by atoms with van der Waals surface area (Å²) in [5, 5.41) is 0. The van der Waals surface area contributed by atoms with Crippen LogP contribution in [-0.2, 0) is 19.0 Å². The molecule has 6 heteroatoms. The molecule has 0 aliphatic carbocycles. The van der Waals surface area contributed by atoms with E-state index in [0.29, 0.717) is 11.3 Å². The van der Waals surface area contributed by atoms with E-state index in [-0.39, 0.29) is 24.1 Å². The Bertz CT molecular complexity index is 906. The molecule has 0 N–H and O–H groups in total. The van der Waals surface area contributed by atoms with Crippen LogP contribution in [0.25, 0.3) is 0 Å². The Morgan fingerprint density at radius 3 is 2.39 bits per heavy atom. The van der Waals surface area contributed by atoms with Crippen LogP contribution in [0, 0.1) is 0 Å². The van der Waals surface area contributed by atoms with Crippen LogP contribution in [0.5, 0.6) is 0 Å². The molecule has 1 fully saturated rings. The van der Waals surface area contributed by atoms with E-state index in [9.17, 15) is 8.42 Å². The molecule has 3 atom stereocenters. The van der Waals surface area contributed by atoms with E-state index in [1.54, 1.807) is 24.3 Å². The highest BCUT2D eigenvalue weighted by Crippen LogP contribution is 2.33. The van der Waals surface area contributed by atoms with Gasteiger partial charge in [0.1, 0.15) is 0 Å². The predicted molar refractivity (Wildman–Crippen MR) is 140 cm³/mol. The highest BCUT2D eigenvalue weighted by atomic mass is 32.2. The summed E-state index contributed by atoms with van der Waals surface area (Å²) in [5.74, 6) is 0.0916. The fourth-order valence-electron chi connectivity index (χ4n) is 4.58. The molecule has 1 heterocycles. The fourth-order valence-corrected chi connectivity index (χ4v) is 8.87. The van der Waals surface area contributed by atoms with Gasteiger partial charge < -0.3 is 9.16 Å². The molecule has 0 amide bonds. The van der Waals surface area contributed by atoms with Crippen LogP contribution in [0.3, 0.4) is 0 Å². The third kappa shape index (κ3) is 8.08. The minimum atomic E-state index is -3.29. The van der Waals surface area contributed by atoms with Crippen molar-refractivity contribution >= 4 is 18.2 Å². The molecule has 1 unspecified atom stereocenters. The summed E-state index contributed by atoms with van der Waals surface area (Å²) in [5.41, 5.74) is 5.21. The minimum absolute atomic E-state index is 0.0329. The third-order valence-corrected chi connectivity index (χ3v) is 13.5. The molecule has 0 bridgehead atoms. The number of ether oxygens (including phenoxy) is 1. The third-order valence-electron chi connectivity index (χ3n) is 7.05. The Kier molecular flexibility index (Phi) is 10.8. The lowest BCUT2D eigenvalue weighted by atomic mass is 10.00. The Balaban J connectivity index is 1.95. The van der Waals surface area contributed by atoms with Gasteiger partial charge in [0.05, 0.1) is 22.9 Å². The maximum absolute atomic E-state index is 12.6. The van der Waals surface area contributed by atoms with E-state index in [2.05, 4.69) is 46.6 Å². The van der Waals surface area contributed by atoms with Crippen LogP contribution in [-0.4, -0.2) is 40.8 Å². The Morgan fingerprint density at radius 2 is 1.82 bits per heavy atom. The molecule has 0 saturated carbocycles. The van der Waals surface area contributed by atoms with Crippen LogP contribution in [0.15, 0.2) is 65.3 Å². The molecular formula is C27H42O4SSi. The molecule has 0 spiro atoms. The second-order valence-electron chi connectivity index (χ2n) is 9.25. The van der Waals surface area contributed by atoms with E-state index in [1.165, 1.54) is 0 Å². The predicted octanol–water partition coefficient (Wildman–Crippen LogP) is 6.86. The average molecular weight is 491 g/mol. The molecule has 0 radical (unpaired) electrons. The van der Waals surface area contributed by atoms with Gasteiger partial charge in [0.2, 0.25) is 0 Å². The van der Waals surface area contributed by atoms with Crippen molar-refractivity contribution in [2.45, 2.75) is 101 Å². The average Bonchev–Trinajstić information content (AvgIpc) is 3.19. The molecule has 1 aliphatic heterocycles. The first-order valence-electron chi connectivity index (χ1n) is 12.3. The van der Waals surface area contributed by atoms with Gasteiger partial charge in [-0.15, -0.1) is 5.73 Å². The minimum Gasteiger partial charge on any atom is -0.414 e. The van der Waals surface area contributed by atoms with Crippen LogP contribution >= 0.6 is 0 Å². The summed E-state index contributed by atoms with van der Waals surface area (Å²) in [4.78, 5) is 0.374. The normalized spacial score (nSPS) is 19.9. The van der Waals surface area contributed by atoms with Gasteiger partial charge in [0.25, 0.3) is 0 Å². The highest BCUT2D eigenvalue weighted by molar-refractivity contribution is 7.91. The van der Waals surface area contributed by atoms with Crippen molar-refractivity contribution in [3.05, 3.63) is 60.4 Å². The maximum atomic E-state index is 12.6. The summed E-state index contributed by atoms with van der Waals surface area (Å²) < 4.78 is 38.3. The Morgan fingerprint density at radius 1 is 1.18 bits per heavy atom. The standard InChI is InChI=1S/C27H42O4SSi/c1-7-22(5)20-25(31-33(8-2,9-3)10-4)16-17-27-23(6)21-24(30-27)18-19-32(28,29)26-14-12-11-13-15-26/h11-15,24-25,27H,1,6,8-10,16-21H2,2-5H3/t24-,25-,27?/m0/s1. The second-order valence-corrected chi connectivity index (χ2v) is 16.1. The fraction of sp³-hybridized carbons (Fsp3) is 0.593. The zero-order valence-corrected chi connectivity index (χ0v) is 22.8. The second kappa shape index (κ2) is 12.9. The van der Waals surface area contributed by atoms with Crippen molar-refractivity contribution in [3.63, 3.8) is 0 Å². The lowest BCUT2D eigenvalue weighted by Crippen LogP contribution is -2.40. The molecule has 33 heavy (non-hydrogen) atoms. The molecule has 4 nitrogen and oxygen atoms in total. The highest BCUT2D eigenvalue weighted by Gasteiger charge is 2.34. The Labute approximate surface area is 202 Å². The van der Waals surface area contributed by atoms with Crippen molar-refractivity contribution in [1.82, 2.24) is 0 Å². The van der Waals surface area contributed by atoms with Gasteiger partial charge in [-0.25, -0.2) is 8.42 Å². The number of benzene rings is 1. The monoisotopic (exact) mass is 490 g/mol. The number of rotatable bonds is 14. The van der Waals surface area contributed by atoms with Gasteiger partial charge in [-0.3, -0.25) is 0 Å². The van der Waals surface area contributed by atoms with Crippen LogP contribution < -0.4 is 0 Å². The van der Waals surface area contributed by atoms with Gasteiger partial charge >= 0.3 is 0 Å². The first-order chi connectivity index (χ1) is 15.7. The summed E-state index contributed by atoms with van der Waals surface area (Å²) in [6, 6.07) is 12.0. The van der Waals surface area contributed by atoms with Crippen molar-refractivity contribution in [3.8, 4) is 0 Å². The summed E-state index contributed by atoms with van der Waals surface area (Å²) >= 11 is 0. The first-order valence-corrected chi connectivity index (χ1v) is 16.5. The zero-order valence-electron chi connectivity index (χ0n) is 20.9. The molecule has 0 aromatic heterocycles. The van der Waals surface area contributed by atoms with Crippen molar-refractivity contribution in [2.24, 2.45) is 0 Å². The molecule has 184 valence electrons. The molecule has 2 rings (SSSR count). The number of hydrogen-bond acceptors (Lipinski definition) is 4. The molecule has 1 saturated heterocycles. The van der Waals surface area contributed by atoms with E-state index < -0.39 is 18.2 Å². The van der Waals surface area contributed by atoms with Gasteiger partial charge in [-0.1, -0.05) is 52.1 Å². The smallest absolute Gasteiger partial charge is 0.192 e. The quantitative estimate of drug-likeness (QED) is 0.162. The van der Waals surface area contributed by atoms with Crippen molar-refractivity contribution < 1.29 is 17.6 Å². The lowest BCUT2D eigenvalue weighted by molar-refractivity contribution is 0.0380. The molecular weight excluding hydrogens is 448 g/mol. The van der Waals surface area contributed by atoms with E-state index in [0.717, 1.165) is 55.0 Å². The molecule has 1 aromatic rings. The maximum Gasteiger partial charge on any atom is 0.192 e. The molecule has 1 aromatic carbocycles. The van der Waals surface area contributed by atoms with E-state index >= 15 is 0 Å². The van der Waals surface area contributed by atoms with Crippen molar-refractivity contribution in [2.75, 3.05) is 5.75 Å². The summed E-state index contributed by atoms with van der Waals surface area (Å²) in [7, 11) is -5.02. The number of hydrogen-bond donors (Lipinski definition) is 0. The zero-order chi connectivity index (χ0) is 24.5. The number of sulfone groups is 1. The van der Waals surface area contributed by atoms with Gasteiger partial charge in [-0.05, 0) is 74.0 Å². The summed E-state index contributed by atoms with van der Waals surface area (Å²) in [6.45, 7) is 16.8. The van der Waals surface area contributed by atoms with Gasteiger partial charge in [-0.2, -0.15) is 0 Å². The van der Waals surface area contributed by atoms with Gasteiger partial charge in [0, 0.05) is 12.5 Å². The Hall–Kier alpha value is -1.43. The van der Waals surface area contributed by atoms with Crippen molar-refractivity contribution in [1.29, 1.82) is 0 Å². The van der Waals surface area contributed by atoms with Crippen LogP contribution in [0.1, 0.15) is 59.8 Å². The molecule has 1 aliphatic rings. The lowest BCUT2D eigenvalue weighted by Gasteiger charge is -2.34. The van der Waals surface area contributed by atoms with E-state index in [4.69, 9.17) is 9.16 Å². The topological polar surface area (TPSA) is 52.6 Å². The summed E-state index contributed by atoms with van der Waals surface area (Å²) in [6.07, 6.45) is 3.81. The largest absolute Gasteiger partial charge is 0.414 e. The van der Waals surface area contributed by atoms with Gasteiger partial charge in [0.15, 0.2) is 18.2 Å². The first kappa shape index (κ1) is 27.8. The SMILES string of the molecule is C=C=C(C)C[C@H](CCC1O[C@@H](CCS(=O)(=O)c2ccccc2)CC1=C)O[Si](CC)(CC)CC.